The first-order valence-electron chi connectivity index (χ1n) is 6.31. The second-order valence-corrected chi connectivity index (χ2v) is 4.95. The summed E-state index contributed by atoms with van der Waals surface area (Å²) in [5.41, 5.74) is 2.12. The molecule has 1 aliphatic rings. The van der Waals surface area contributed by atoms with Crippen LogP contribution in [-0.4, -0.2) is 33.8 Å². The Bertz CT molecular complexity index is 433. The molecule has 0 bridgehead atoms. The molecule has 1 amide bonds. The van der Waals surface area contributed by atoms with Crippen molar-refractivity contribution in [1.82, 2.24) is 4.90 Å². The van der Waals surface area contributed by atoms with Gasteiger partial charge in [0.25, 0.3) is 0 Å². The van der Waals surface area contributed by atoms with Crippen LogP contribution in [0.2, 0.25) is 0 Å². The second-order valence-electron chi connectivity index (χ2n) is 4.95. The Morgan fingerprint density at radius 1 is 1.50 bits per heavy atom. The summed E-state index contributed by atoms with van der Waals surface area (Å²) in [7, 11) is 0. The van der Waals surface area contributed by atoms with Crippen LogP contribution in [-0.2, 0) is 6.61 Å². The molecule has 2 atom stereocenters. The molecule has 4 nitrogen and oxygen atoms in total. The number of hydrogen-bond donors (Lipinski definition) is 2. The summed E-state index contributed by atoms with van der Waals surface area (Å²) in [4.78, 5) is 12.5. The van der Waals surface area contributed by atoms with Gasteiger partial charge < -0.3 is 15.1 Å². The Balaban J connectivity index is 2.09. The van der Waals surface area contributed by atoms with Gasteiger partial charge in [-0.25, -0.2) is 4.79 Å². The average Bonchev–Trinajstić information content (AvgIpc) is 2.38. The van der Waals surface area contributed by atoms with Crippen molar-refractivity contribution in [3.05, 3.63) is 35.4 Å². The van der Waals surface area contributed by atoms with Crippen molar-refractivity contribution < 1.29 is 15.0 Å². The lowest BCUT2D eigenvalue weighted by Gasteiger charge is -2.36. The highest BCUT2D eigenvalue weighted by molar-refractivity contribution is 5.65. The van der Waals surface area contributed by atoms with Gasteiger partial charge in [0.15, 0.2) is 0 Å². The average molecular weight is 249 g/mol. The first-order valence-corrected chi connectivity index (χ1v) is 6.31. The highest BCUT2D eigenvalue weighted by atomic mass is 16.4. The summed E-state index contributed by atoms with van der Waals surface area (Å²) >= 11 is 0. The normalized spacial score (nSPS) is 24.0. The molecule has 1 aromatic rings. The van der Waals surface area contributed by atoms with E-state index in [0.29, 0.717) is 12.5 Å². The highest BCUT2D eigenvalue weighted by Gasteiger charge is 2.29. The number of carboxylic acid groups (broad SMARTS) is 1. The Morgan fingerprint density at radius 2 is 2.28 bits per heavy atom. The van der Waals surface area contributed by atoms with Crippen molar-refractivity contribution >= 4 is 6.09 Å². The smallest absolute Gasteiger partial charge is 0.407 e. The van der Waals surface area contributed by atoms with E-state index in [1.54, 1.807) is 0 Å². The number of amides is 1. The molecule has 4 heteroatoms. The summed E-state index contributed by atoms with van der Waals surface area (Å²) in [5.74, 6) is 0.391. The molecule has 0 radical (unpaired) electrons. The maximum atomic E-state index is 11.0. The number of carbonyl (C=O) groups is 1. The molecule has 2 rings (SSSR count). The van der Waals surface area contributed by atoms with Crippen LogP contribution >= 0.6 is 0 Å². The zero-order valence-electron chi connectivity index (χ0n) is 10.5. The quantitative estimate of drug-likeness (QED) is 0.846. The molecule has 0 aromatic heterocycles. The Kier molecular flexibility index (Phi) is 3.87. The lowest BCUT2D eigenvalue weighted by molar-refractivity contribution is 0.107. The van der Waals surface area contributed by atoms with E-state index < -0.39 is 6.09 Å². The number of aliphatic hydroxyl groups is 1. The molecule has 1 fully saturated rings. The number of aliphatic hydroxyl groups excluding tert-OH is 1. The van der Waals surface area contributed by atoms with Crippen LogP contribution in [0.5, 0.6) is 0 Å². The van der Waals surface area contributed by atoms with Crippen molar-refractivity contribution in [1.29, 1.82) is 0 Å². The predicted molar refractivity (Wildman–Crippen MR) is 68.5 cm³/mol. The zero-order valence-corrected chi connectivity index (χ0v) is 10.5. The van der Waals surface area contributed by atoms with Gasteiger partial charge in [-0.3, -0.25) is 0 Å². The molecular formula is C14H19NO3. The fraction of sp³-hybridized carbons (Fsp3) is 0.500. The van der Waals surface area contributed by atoms with Crippen molar-refractivity contribution in [2.45, 2.75) is 38.3 Å². The molecule has 0 aliphatic carbocycles. The number of benzene rings is 1. The van der Waals surface area contributed by atoms with Gasteiger partial charge in [0, 0.05) is 12.6 Å². The van der Waals surface area contributed by atoms with Crippen LogP contribution in [0.1, 0.15) is 36.8 Å². The maximum Gasteiger partial charge on any atom is 0.407 e. The topological polar surface area (TPSA) is 60.8 Å². The molecule has 2 unspecified atom stereocenters. The molecular weight excluding hydrogens is 230 g/mol. The number of likely N-dealkylation sites (tertiary alicyclic amines) is 1. The van der Waals surface area contributed by atoms with Crippen LogP contribution in [0.4, 0.5) is 4.79 Å². The monoisotopic (exact) mass is 249 g/mol. The van der Waals surface area contributed by atoms with E-state index in [9.17, 15) is 4.79 Å². The first-order chi connectivity index (χ1) is 8.61. The fourth-order valence-electron chi connectivity index (χ4n) is 2.70. The Labute approximate surface area is 107 Å². The molecule has 0 spiro atoms. The van der Waals surface area contributed by atoms with E-state index in [1.807, 2.05) is 25.1 Å². The zero-order chi connectivity index (χ0) is 13.1. The predicted octanol–water partition coefficient (Wildman–Crippen LogP) is 2.42. The van der Waals surface area contributed by atoms with Crippen molar-refractivity contribution in [3.63, 3.8) is 0 Å². The highest BCUT2D eigenvalue weighted by Crippen LogP contribution is 2.31. The van der Waals surface area contributed by atoms with E-state index in [-0.39, 0.29) is 12.6 Å². The summed E-state index contributed by atoms with van der Waals surface area (Å²) in [6.07, 6.45) is 0.872. The molecule has 1 aliphatic heterocycles. The fourth-order valence-corrected chi connectivity index (χ4v) is 2.70. The number of rotatable bonds is 2. The van der Waals surface area contributed by atoms with Crippen LogP contribution in [0.15, 0.2) is 24.3 Å². The lowest BCUT2D eigenvalue weighted by atomic mass is 9.85. The van der Waals surface area contributed by atoms with E-state index in [0.717, 1.165) is 18.4 Å². The van der Waals surface area contributed by atoms with E-state index in [4.69, 9.17) is 10.2 Å². The Morgan fingerprint density at radius 3 is 2.89 bits per heavy atom. The lowest BCUT2D eigenvalue weighted by Crippen LogP contribution is -2.43. The van der Waals surface area contributed by atoms with Gasteiger partial charge in [-0.2, -0.15) is 0 Å². The summed E-state index contributed by atoms with van der Waals surface area (Å²) in [6, 6.07) is 7.99. The van der Waals surface area contributed by atoms with Gasteiger partial charge in [-0.15, -0.1) is 0 Å². The van der Waals surface area contributed by atoms with Crippen LogP contribution < -0.4 is 0 Å². The van der Waals surface area contributed by atoms with Gasteiger partial charge >= 0.3 is 6.09 Å². The van der Waals surface area contributed by atoms with Crippen LogP contribution in [0.3, 0.4) is 0 Å². The van der Waals surface area contributed by atoms with Crippen molar-refractivity contribution in [3.8, 4) is 0 Å². The van der Waals surface area contributed by atoms with Gasteiger partial charge in [0.05, 0.1) is 6.61 Å². The van der Waals surface area contributed by atoms with Gasteiger partial charge in [0.2, 0.25) is 0 Å². The van der Waals surface area contributed by atoms with E-state index in [2.05, 4.69) is 6.07 Å². The third kappa shape index (κ3) is 2.64. The molecule has 98 valence electrons. The first kappa shape index (κ1) is 12.9. The molecule has 2 N–H and O–H groups in total. The second kappa shape index (κ2) is 5.40. The standard InChI is InChI=1S/C14H19NO3/c1-10-7-13(5-6-15(10)14(17)18)12-4-2-3-11(8-12)9-16/h2-4,8,10,13,16H,5-7,9H2,1H3,(H,17,18). The number of hydrogen-bond acceptors (Lipinski definition) is 2. The summed E-state index contributed by atoms with van der Waals surface area (Å²) in [6.45, 7) is 2.60. The largest absolute Gasteiger partial charge is 0.465 e. The third-order valence-corrected chi connectivity index (χ3v) is 3.73. The number of piperidine rings is 1. The molecule has 1 heterocycles. The van der Waals surface area contributed by atoms with Crippen molar-refractivity contribution in [2.75, 3.05) is 6.54 Å². The van der Waals surface area contributed by atoms with Gasteiger partial charge in [-0.05, 0) is 36.8 Å². The van der Waals surface area contributed by atoms with Crippen LogP contribution in [0.25, 0.3) is 0 Å². The summed E-state index contributed by atoms with van der Waals surface area (Å²) in [5, 5.41) is 18.2. The van der Waals surface area contributed by atoms with Crippen molar-refractivity contribution in [2.24, 2.45) is 0 Å². The van der Waals surface area contributed by atoms with E-state index in [1.165, 1.54) is 10.5 Å². The maximum absolute atomic E-state index is 11.0. The molecule has 0 saturated carbocycles. The molecule has 18 heavy (non-hydrogen) atoms. The van der Waals surface area contributed by atoms with Gasteiger partial charge in [0.1, 0.15) is 0 Å². The summed E-state index contributed by atoms with van der Waals surface area (Å²) < 4.78 is 0. The van der Waals surface area contributed by atoms with Gasteiger partial charge in [-0.1, -0.05) is 24.3 Å². The van der Waals surface area contributed by atoms with E-state index >= 15 is 0 Å². The minimum Gasteiger partial charge on any atom is -0.465 e. The minimum atomic E-state index is -0.829. The number of nitrogens with zero attached hydrogens (tertiary/aromatic N) is 1. The molecule has 1 aromatic carbocycles. The van der Waals surface area contributed by atoms with Crippen LogP contribution in [0, 0.1) is 0 Å². The SMILES string of the molecule is CC1CC(c2cccc(CO)c2)CCN1C(=O)O. The minimum absolute atomic E-state index is 0.0529. The molecule has 1 saturated heterocycles. The Hall–Kier alpha value is -1.55. The third-order valence-electron chi connectivity index (χ3n) is 3.73.